The van der Waals surface area contributed by atoms with E-state index in [9.17, 15) is 29.8 Å². The number of carbonyl (C=O) groups is 2. The van der Waals surface area contributed by atoms with E-state index in [2.05, 4.69) is 10.6 Å². The third-order valence-corrected chi connectivity index (χ3v) is 3.78. The molecule has 1 aromatic heterocycles. The molecule has 0 atom stereocenters. The first-order chi connectivity index (χ1) is 13.8. The summed E-state index contributed by atoms with van der Waals surface area (Å²) in [5.41, 5.74) is -0.760. The van der Waals surface area contributed by atoms with E-state index in [-0.39, 0.29) is 11.3 Å². The molecule has 146 valence electrons. The number of furan rings is 1. The van der Waals surface area contributed by atoms with Gasteiger partial charge in [0.2, 0.25) is 0 Å². The highest BCUT2D eigenvalue weighted by Crippen LogP contribution is 2.26. The lowest BCUT2D eigenvalue weighted by Gasteiger charge is -2.08. The van der Waals surface area contributed by atoms with Crippen molar-refractivity contribution in [2.24, 2.45) is 0 Å². The highest BCUT2D eigenvalue weighted by Gasteiger charge is 2.24. The number of nitrogens with one attached hydrogen (secondary N) is 2. The SMILES string of the molecule is O=C(Nc1ccc(NC(=O)c2ccc([N+](=O)[O-])cc2[N+](=O)[O-])cc1)c1ccco1. The van der Waals surface area contributed by atoms with Crippen molar-refractivity contribution in [3.8, 4) is 0 Å². The topological polar surface area (TPSA) is 158 Å². The molecular formula is C18H12N4O7. The number of nitro groups is 2. The van der Waals surface area contributed by atoms with Crippen LogP contribution in [0.25, 0.3) is 0 Å². The molecule has 0 radical (unpaired) electrons. The van der Waals surface area contributed by atoms with Gasteiger partial charge in [-0.3, -0.25) is 29.8 Å². The second-order valence-corrected chi connectivity index (χ2v) is 5.68. The predicted octanol–water partition coefficient (Wildman–Crippen LogP) is 3.60. The van der Waals surface area contributed by atoms with E-state index < -0.39 is 33.0 Å². The summed E-state index contributed by atoms with van der Waals surface area (Å²) in [6.45, 7) is 0. The van der Waals surface area contributed by atoms with Crippen molar-refractivity contribution in [2.45, 2.75) is 0 Å². The first-order valence-corrected chi connectivity index (χ1v) is 8.04. The average molecular weight is 396 g/mol. The van der Waals surface area contributed by atoms with Crippen LogP contribution in [-0.2, 0) is 0 Å². The Morgan fingerprint density at radius 3 is 1.97 bits per heavy atom. The molecule has 0 fully saturated rings. The molecule has 0 aliphatic heterocycles. The fourth-order valence-corrected chi connectivity index (χ4v) is 2.41. The maximum atomic E-state index is 12.4. The molecule has 1 heterocycles. The minimum absolute atomic E-state index is 0.132. The Morgan fingerprint density at radius 2 is 1.45 bits per heavy atom. The second kappa shape index (κ2) is 8.00. The lowest BCUT2D eigenvalue weighted by atomic mass is 10.1. The maximum absolute atomic E-state index is 12.4. The van der Waals surface area contributed by atoms with Crippen molar-refractivity contribution >= 4 is 34.6 Å². The van der Waals surface area contributed by atoms with Crippen LogP contribution < -0.4 is 10.6 Å². The summed E-state index contributed by atoms with van der Waals surface area (Å²) in [5.74, 6) is -1.12. The molecule has 0 spiro atoms. The van der Waals surface area contributed by atoms with Crippen molar-refractivity contribution in [2.75, 3.05) is 10.6 Å². The average Bonchev–Trinajstić information content (AvgIpc) is 3.24. The molecule has 0 bridgehead atoms. The molecule has 11 nitrogen and oxygen atoms in total. The van der Waals surface area contributed by atoms with Gasteiger partial charge in [0.15, 0.2) is 5.76 Å². The van der Waals surface area contributed by atoms with Crippen molar-refractivity contribution in [3.63, 3.8) is 0 Å². The zero-order valence-corrected chi connectivity index (χ0v) is 14.5. The van der Waals surface area contributed by atoms with E-state index in [1.807, 2.05) is 0 Å². The Kier molecular flexibility index (Phi) is 5.30. The van der Waals surface area contributed by atoms with Crippen molar-refractivity contribution < 1.29 is 23.9 Å². The van der Waals surface area contributed by atoms with Gasteiger partial charge in [-0.25, -0.2) is 0 Å². The number of hydrogen-bond donors (Lipinski definition) is 2. The van der Waals surface area contributed by atoms with Crippen LogP contribution in [-0.4, -0.2) is 21.7 Å². The number of nitrogens with zero attached hydrogens (tertiary/aromatic N) is 2. The van der Waals surface area contributed by atoms with Gasteiger partial charge in [0, 0.05) is 17.4 Å². The molecule has 2 amide bonds. The van der Waals surface area contributed by atoms with Gasteiger partial charge in [0.05, 0.1) is 22.2 Å². The normalized spacial score (nSPS) is 10.2. The van der Waals surface area contributed by atoms with Crippen LogP contribution in [0.3, 0.4) is 0 Å². The van der Waals surface area contributed by atoms with Crippen molar-refractivity contribution in [3.05, 3.63) is 92.4 Å². The number of carbonyl (C=O) groups excluding carboxylic acids is 2. The number of anilines is 2. The Labute approximate surface area is 162 Å². The number of hydrogen-bond acceptors (Lipinski definition) is 7. The van der Waals surface area contributed by atoms with E-state index in [0.717, 1.165) is 18.2 Å². The summed E-state index contributed by atoms with van der Waals surface area (Å²) in [6.07, 6.45) is 1.37. The predicted molar refractivity (Wildman–Crippen MR) is 101 cm³/mol. The molecule has 0 saturated heterocycles. The third-order valence-electron chi connectivity index (χ3n) is 3.78. The van der Waals surface area contributed by atoms with E-state index in [1.165, 1.54) is 36.6 Å². The number of non-ortho nitro benzene ring substituents is 1. The van der Waals surface area contributed by atoms with Crippen molar-refractivity contribution in [1.82, 2.24) is 0 Å². The van der Waals surface area contributed by atoms with Gasteiger partial charge in [0.1, 0.15) is 5.56 Å². The van der Waals surface area contributed by atoms with E-state index in [4.69, 9.17) is 4.42 Å². The van der Waals surface area contributed by atoms with E-state index >= 15 is 0 Å². The van der Waals surface area contributed by atoms with Gasteiger partial charge < -0.3 is 15.1 Å². The molecule has 3 rings (SSSR count). The van der Waals surface area contributed by atoms with Crippen LogP contribution in [0.2, 0.25) is 0 Å². The minimum Gasteiger partial charge on any atom is -0.459 e. The van der Waals surface area contributed by atoms with Crippen LogP contribution in [0.15, 0.2) is 65.3 Å². The summed E-state index contributed by atoms with van der Waals surface area (Å²) in [6, 6.07) is 11.8. The molecule has 2 aromatic carbocycles. The van der Waals surface area contributed by atoms with Gasteiger partial charge in [0.25, 0.3) is 23.2 Å². The Bertz CT molecular complexity index is 1090. The molecule has 0 saturated carbocycles. The summed E-state index contributed by atoms with van der Waals surface area (Å²) >= 11 is 0. The first-order valence-electron chi connectivity index (χ1n) is 8.04. The molecule has 3 aromatic rings. The second-order valence-electron chi connectivity index (χ2n) is 5.68. The molecule has 2 N–H and O–H groups in total. The van der Waals surface area contributed by atoms with Gasteiger partial charge in [-0.2, -0.15) is 0 Å². The fourth-order valence-electron chi connectivity index (χ4n) is 2.41. The largest absolute Gasteiger partial charge is 0.459 e. The Hall–Kier alpha value is -4.54. The lowest BCUT2D eigenvalue weighted by molar-refractivity contribution is -0.394. The molecule has 0 aliphatic rings. The molecule has 29 heavy (non-hydrogen) atoms. The molecule has 0 aliphatic carbocycles. The monoisotopic (exact) mass is 396 g/mol. The summed E-state index contributed by atoms with van der Waals surface area (Å²) in [5, 5.41) is 27.0. The van der Waals surface area contributed by atoms with Crippen LogP contribution in [0, 0.1) is 20.2 Å². The summed E-state index contributed by atoms with van der Waals surface area (Å²) < 4.78 is 4.98. The zero-order valence-electron chi connectivity index (χ0n) is 14.5. The number of amides is 2. The molecule has 0 unspecified atom stereocenters. The van der Waals surface area contributed by atoms with Gasteiger partial charge in [-0.15, -0.1) is 0 Å². The standard InChI is InChI=1S/C18H12N4O7/c23-17(14-8-7-13(21(25)26)10-15(14)22(27)28)19-11-3-5-12(6-4-11)20-18(24)16-2-1-9-29-16/h1-10H,(H,19,23)(H,20,24). The zero-order chi connectivity index (χ0) is 21.0. The number of rotatable bonds is 6. The fraction of sp³-hybridized carbons (Fsp3) is 0. The van der Waals surface area contributed by atoms with Crippen LogP contribution >= 0.6 is 0 Å². The molecular weight excluding hydrogens is 384 g/mol. The smallest absolute Gasteiger partial charge is 0.291 e. The van der Waals surface area contributed by atoms with Crippen LogP contribution in [0.1, 0.15) is 20.9 Å². The van der Waals surface area contributed by atoms with Crippen molar-refractivity contribution in [1.29, 1.82) is 0 Å². The summed E-state index contributed by atoms with van der Waals surface area (Å²) in [4.78, 5) is 44.6. The van der Waals surface area contributed by atoms with E-state index in [0.29, 0.717) is 11.4 Å². The minimum atomic E-state index is -0.866. The quantitative estimate of drug-likeness (QED) is 0.476. The van der Waals surface area contributed by atoms with Gasteiger partial charge in [-0.1, -0.05) is 0 Å². The lowest BCUT2D eigenvalue weighted by Crippen LogP contribution is -2.14. The van der Waals surface area contributed by atoms with Crippen LogP contribution in [0.5, 0.6) is 0 Å². The highest BCUT2D eigenvalue weighted by atomic mass is 16.6. The highest BCUT2D eigenvalue weighted by molar-refractivity contribution is 6.07. The van der Waals surface area contributed by atoms with E-state index in [1.54, 1.807) is 6.07 Å². The van der Waals surface area contributed by atoms with Crippen LogP contribution in [0.4, 0.5) is 22.7 Å². The van der Waals surface area contributed by atoms with Gasteiger partial charge in [-0.05, 0) is 42.5 Å². The molecule has 11 heteroatoms. The van der Waals surface area contributed by atoms with Gasteiger partial charge >= 0.3 is 0 Å². The first kappa shape index (κ1) is 19.2. The Morgan fingerprint density at radius 1 is 0.828 bits per heavy atom. The Balaban J connectivity index is 1.73. The third kappa shape index (κ3) is 4.42. The summed E-state index contributed by atoms with van der Waals surface area (Å²) in [7, 11) is 0. The maximum Gasteiger partial charge on any atom is 0.291 e. The number of nitro benzene ring substituents is 2. The number of benzene rings is 2.